The molecule has 1 spiro atoms. The number of nitrogens with zero attached hydrogens (tertiary/aromatic N) is 4. The lowest BCUT2D eigenvalue weighted by molar-refractivity contribution is -0.127. The minimum absolute atomic E-state index is 0.0163. The van der Waals surface area contributed by atoms with Crippen molar-refractivity contribution in [3.05, 3.63) is 42.0 Å². The van der Waals surface area contributed by atoms with E-state index in [0.29, 0.717) is 41.0 Å². The molecule has 5 rings (SSSR count). The highest BCUT2D eigenvalue weighted by atomic mass is 19.1. The van der Waals surface area contributed by atoms with Gasteiger partial charge in [-0.05, 0) is 43.6 Å². The zero-order valence-electron chi connectivity index (χ0n) is 17.5. The van der Waals surface area contributed by atoms with Crippen LogP contribution in [0.15, 0.2) is 24.7 Å². The van der Waals surface area contributed by atoms with E-state index >= 15 is 0 Å². The lowest BCUT2D eigenvalue weighted by atomic mass is 9.68. The quantitative estimate of drug-likeness (QED) is 0.677. The molecule has 2 atom stereocenters. The number of carbonyl (C=O) groups excluding carboxylic acids is 1. The van der Waals surface area contributed by atoms with E-state index in [0.717, 1.165) is 45.0 Å². The van der Waals surface area contributed by atoms with Crippen molar-refractivity contribution in [2.75, 3.05) is 13.1 Å². The topological polar surface area (TPSA) is 74.8 Å². The SMILES string of the molecule is CCN1C[C@]2(CCC[C@H](Cc3nc(-c4c[nH]c5ncc(F)cc45)ncc3F)C2)CC1=O. The van der Waals surface area contributed by atoms with E-state index < -0.39 is 11.6 Å². The van der Waals surface area contributed by atoms with Gasteiger partial charge in [-0.25, -0.2) is 23.7 Å². The Hall–Kier alpha value is -2.90. The Balaban J connectivity index is 1.40. The smallest absolute Gasteiger partial charge is 0.223 e. The largest absolute Gasteiger partial charge is 0.345 e. The van der Waals surface area contributed by atoms with Crippen LogP contribution < -0.4 is 0 Å². The number of pyridine rings is 1. The molecule has 1 aliphatic carbocycles. The van der Waals surface area contributed by atoms with E-state index in [1.54, 1.807) is 6.20 Å². The van der Waals surface area contributed by atoms with Crippen LogP contribution in [-0.4, -0.2) is 43.8 Å². The molecule has 4 heterocycles. The maximum atomic E-state index is 14.6. The minimum Gasteiger partial charge on any atom is -0.345 e. The van der Waals surface area contributed by atoms with Crippen molar-refractivity contribution >= 4 is 16.9 Å². The Kier molecular flexibility index (Phi) is 4.95. The molecule has 2 aliphatic rings. The van der Waals surface area contributed by atoms with Gasteiger partial charge in [0.2, 0.25) is 5.91 Å². The molecule has 162 valence electrons. The van der Waals surface area contributed by atoms with Gasteiger partial charge in [0.1, 0.15) is 11.5 Å². The van der Waals surface area contributed by atoms with E-state index in [9.17, 15) is 13.6 Å². The third kappa shape index (κ3) is 3.68. The molecule has 0 aromatic carbocycles. The number of nitrogens with one attached hydrogen (secondary N) is 1. The third-order valence-corrected chi connectivity index (χ3v) is 6.87. The Labute approximate surface area is 179 Å². The number of carbonyl (C=O) groups is 1. The van der Waals surface area contributed by atoms with Crippen LogP contribution in [0.4, 0.5) is 8.78 Å². The molecule has 0 bridgehead atoms. The van der Waals surface area contributed by atoms with Gasteiger partial charge in [0.25, 0.3) is 0 Å². The predicted molar refractivity (Wildman–Crippen MR) is 112 cm³/mol. The first-order valence-electron chi connectivity index (χ1n) is 10.9. The molecule has 2 fully saturated rings. The second-order valence-electron chi connectivity index (χ2n) is 8.99. The van der Waals surface area contributed by atoms with Crippen LogP contribution in [0, 0.1) is 23.0 Å². The highest BCUT2D eigenvalue weighted by Gasteiger charge is 2.45. The van der Waals surface area contributed by atoms with Gasteiger partial charge in [0, 0.05) is 36.7 Å². The van der Waals surface area contributed by atoms with Crippen molar-refractivity contribution in [3.63, 3.8) is 0 Å². The highest BCUT2D eigenvalue weighted by molar-refractivity contribution is 5.91. The van der Waals surface area contributed by atoms with E-state index in [1.165, 1.54) is 12.3 Å². The highest BCUT2D eigenvalue weighted by Crippen LogP contribution is 2.47. The molecule has 31 heavy (non-hydrogen) atoms. The molecule has 0 unspecified atom stereocenters. The summed E-state index contributed by atoms with van der Waals surface area (Å²) in [5, 5.41) is 0.568. The Morgan fingerprint density at radius 3 is 2.97 bits per heavy atom. The molecule has 8 heteroatoms. The summed E-state index contributed by atoms with van der Waals surface area (Å²) in [4.78, 5) is 29.9. The third-order valence-electron chi connectivity index (χ3n) is 6.87. The lowest BCUT2D eigenvalue weighted by Gasteiger charge is -2.37. The number of hydrogen-bond acceptors (Lipinski definition) is 4. The van der Waals surface area contributed by atoms with Gasteiger partial charge in [-0.1, -0.05) is 12.8 Å². The number of H-pyrrole nitrogens is 1. The molecular weight excluding hydrogens is 400 g/mol. The molecule has 3 aromatic rings. The molecular formula is C23H25F2N5O. The monoisotopic (exact) mass is 425 g/mol. The first-order valence-corrected chi connectivity index (χ1v) is 10.9. The fourth-order valence-corrected chi connectivity index (χ4v) is 5.44. The lowest BCUT2D eigenvalue weighted by Crippen LogP contribution is -2.33. The van der Waals surface area contributed by atoms with Crippen LogP contribution >= 0.6 is 0 Å². The summed E-state index contributed by atoms with van der Waals surface area (Å²) in [6.07, 6.45) is 9.14. The molecule has 1 N–H and O–H groups in total. The second-order valence-corrected chi connectivity index (χ2v) is 8.99. The van der Waals surface area contributed by atoms with Gasteiger partial charge in [0.15, 0.2) is 11.6 Å². The van der Waals surface area contributed by atoms with Crippen LogP contribution in [0.3, 0.4) is 0 Å². The van der Waals surface area contributed by atoms with Gasteiger partial charge in [0.05, 0.1) is 18.1 Å². The maximum absolute atomic E-state index is 14.6. The molecule has 3 aromatic heterocycles. The normalized spacial score (nSPS) is 23.9. The maximum Gasteiger partial charge on any atom is 0.223 e. The van der Waals surface area contributed by atoms with Crippen molar-refractivity contribution in [3.8, 4) is 11.4 Å². The van der Waals surface area contributed by atoms with Gasteiger partial charge < -0.3 is 9.88 Å². The molecule has 1 aliphatic heterocycles. The minimum atomic E-state index is -0.449. The first-order chi connectivity index (χ1) is 15.0. The van der Waals surface area contributed by atoms with Crippen LogP contribution in [-0.2, 0) is 11.2 Å². The van der Waals surface area contributed by atoms with Crippen molar-refractivity contribution in [1.29, 1.82) is 0 Å². The van der Waals surface area contributed by atoms with Crippen molar-refractivity contribution in [2.24, 2.45) is 11.3 Å². The summed E-state index contributed by atoms with van der Waals surface area (Å²) in [5.74, 6) is -0.00841. The van der Waals surface area contributed by atoms with Gasteiger partial charge in [-0.2, -0.15) is 0 Å². The average Bonchev–Trinajstić information content (AvgIpc) is 3.30. The Bertz CT molecular complexity index is 1150. The Morgan fingerprint density at radius 2 is 2.16 bits per heavy atom. The van der Waals surface area contributed by atoms with Crippen molar-refractivity contribution in [2.45, 2.75) is 45.4 Å². The number of aromatic amines is 1. The van der Waals surface area contributed by atoms with Gasteiger partial charge in [-0.15, -0.1) is 0 Å². The molecule has 1 amide bonds. The molecule has 1 saturated heterocycles. The summed E-state index contributed by atoms with van der Waals surface area (Å²) in [6.45, 7) is 3.57. The summed E-state index contributed by atoms with van der Waals surface area (Å²) >= 11 is 0. The summed E-state index contributed by atoms with van der Waals surface area (Å²) < 4.78 is 28.3. The first kappa shape index (κ1) is 20.0. The van der Waals surface area contributed by atoms with Crippen LogP contribution in [0.25, 0.3) is 22.4 Å². The van der Waals surface area contributed by atoms with Gasteiger partial charge >= 0.3 is 0 Å². The predicted octanol–water partition coefficient (Wildman–Crippen LogP) is 4.27. The number of amides is 1. The Morgan fingerprint density at radius 1 is 1.29 bits per heavy atom. The van der Waals surface area contributed by atoms with Crippen molar-refractivity contribution in [1.82, 2.24) is 24.8 Å². The van der Waals surface area contributed by atoms with Gasteiger partial charge in [-0.3, -0.25) is 4.79 Å². The second kappa shape index (κ2) is 7.66. The van der Waals surface area contributed by atoms with Crippen LogP contribution in [0.5, 0.6) is 0 Å². The van der Waals surface area contributed by atoms with E-state index in [2.05, 4.69) is 19.9 Å². The van der Waals surface area contributed by atoms with Crippen molar-refractivity contribution < 1.29 is 13.6 Å². The van der Waals surface area contributed by atoms with E-state index in [-0.39, 0.29) is 17.2 Å². The number of aromatic nitrogens is 4. The van der Waals surface area contributed by atoms with Crippen LogP contribution in [0.2, 0.25) is 0 Å². The standard InChI is InChI=1S/C23H25F2N5O/c1-2-30-13-23(9-20(30)31)5-3-4-14(8-23)6-19-18(25)12-28-22(29-19)17-11-27-21-16(17)7-15(24)10-26-21/h7,10-12,14H,2-6,8-9,13H2,1H3,(H,26,27)/t14-,23+/m1/s1. The number of fused-ring (bicyclic) bond motifs is 1. The van der Waals surface area contributed by atoms with Crippen LogP contribution in [0.1, 0.15) is 44.7 Å². The van der Waals surface area contributed by atoms with E-state index in [4.69, 9.17) is 0 Å². The molecule has 6 nitrogen and oxygen atoms in total. The summed E-state index contributed by atoms with van der Waals surface area (Å²) in [7, 11) is 0. The summed E-state index contributed by atoms with van der Waals surface area (Å²) in [6, 6.07) is 1.38. The number of rotatable bonds is 4. The zero-order chi connectivity index (χ0) is 21.6. The summed E-state index contributed by atoms with van der Waals surface area (Å²) in [5.41, 5.74) is 1.53. The van der Waals surface area contributed by atoms with E-state index in [1.807, 2.05) is 11.8 Å². The molecule has 0 radical (unpaired) electrons. The number of halogens is 2. The molecule has 1 saturated carbocycles. The number of likely N-dealkylation sites (tertiary alicyclic amines) is 1. The average molecular weight is 425 g/mol. The zero-order valence-corrected chi connectivity index (χ0v) is 17.5. The number of hydrogen-bond donors (Lipinski definition) is 1. The fraction of sp³-hybridized carbons (Fsp3) is 0.478. The fourth-order valence-electron chi connectivity index (χ4n) is 5.44.